The zero-order chi connectivity index (χ0) is 19.3. The molecular formula is C18H22FN3O3S. The Labute approximate surface area is 153 Å². The molecule has 0 spiro atoms. The fraction of sp³-hybridized carbons (Fsp3) is 0.278. The third kappa shape index (κ3) is 4.80. The lowest BCUT2D eigenvalue weighted by Crippen LogP contribution is -2.46. The summed E-state index contributed by atoms with van der Waals surface area (Å²) in [6, 6.07) is 13.0. The number of nitrogens with zero attached hydrogens (tertiary/aromatic N) is 2. The minimum absolute atomic E-state index is 0.174. The molecule has 0 radical (unpaired) electrons. The molecule has 0 unspecified atom stereocenters. The molecule has 0 atom stereocenters. The summed E-state index contributed by atoms with van der Waals surface area (Å²) in [5.74, 6) is -1.25. The average molecular weight is 379 g/mol. The maximum absolute atomic E-state index is 14.1. The lowest BCUT2D eigenvalue weighted by Gasteiger charge is -2.27. The number of carbonyl (C=O) groups excluding carboxylic acids is 1. The second kappa shape index (κ2) is 8.29. The molecule has 1 amide bonds. The molecule has 0 aliphatic carbocycles. The number of carbonyl (C=O) groups is 1. The number of para-hydroxylation sites is 1. The number of halogens is 1. The van der Waals surface area contributed by atoms with E-state index in [0.717, 1.165) is 25.8 Å². The quantitative estimate of drug-likeness (QED) is 0.801. The molecule has 0 aliphatic rings. The summed E-state index contributed by atoms with van der Waals surface area (Å²) in [4.78, 5) is 12.3. The summed E-state index contributed by atoms with van der Waals surface area (Å²) in [7, 11) is -1.38. The smallest absolute Gasteiger partial charge is 0.304 e. The highest BCUT2D eigenvalue weighted by molar-refractivity contribution is 7.90. The van der Waals surface area contributed by atoms with Crippen LogP contribution in [-0.2, 0) is 21.5 Å². The van der Waals surface area contributed by atoms with Gasteiger partial charge in [0.25, 0.3) is 0 Å². The lowest BCUT2D eigenvalue weighted by molar-refractivity contribution is -0.119. The van der Waals surface area contributed by atoms with Gasteiger partial charge in [-0.15, -0.1) is 0 Å². The first-order valence-electron chi connectivity index (χ1n) is 7.99. The van der Waals surface area contributed by atoms with E-state index in [1.165, 1.54) is 32.3 Å². The van der Waals surface area contributed by atoms with Crippen molar-refractivity contribution in [1.29, 1.82) is 0 Å². The minimum Gasteiger partial charge on any atom is -0.350 e. The summed E-state index contributed by atoms with van der Waals surface area (Å²) in [6.07, 6.45) is 0. The summed E-state index contributed by atoms with van der Waals surface area (Å²) in [5, 5.41) is 2.67. The third-order valence-corrected chi connectivity index (χ3v) is 5.53. The van der Waals surface area contributed by atoms with Crippen LogP contribution in [0.25, 0.3) is 0 Å². The number of amides is 1. The van der Waals surface area contributed by atoms with Crippen LogP contribution in [0.5, 0.6) is 0 Å². The van der Waals surface area contributed by atoms with Gasteiger partial charge in [0.2, 0.25) is 5.91 Å². The number of rotatable bonds is 7. The Bertz CT molecular complexity index is 885. The molecule has 140 valence electrons. The van der Waals surface area contributed by atoms with Crippen LogP contribution < -0.4 is 9.62 Å². The molecule has 2 aromatic rings. The van der Waals surface area contributed by atoms with Gasteiger partial charge in [-0.1, -0.05) is 42.0 Å². The van der Waals surface area contributed by atoms with E-state index in [4.69, 9.17) is 0 Å². The van der Waals surface area contributed by atoms with Crippen LogP contribution in [0.15, 0.2) is 48.5 Å². The SMILES string of the molecule is Cc1cccc(CNC(=O)CN(c2ccccc2F)S(=O)(=O)N(C)C)c1. The van der Waals surface area contributed by atoms with Crippen molar-refractivity contribution in [2.75, 3.05) is 24.9 Å². The van der Waals surface area contributed by atoms with Crippen molar-refractivity contribution >= 4 is 21.8 Å². The van der Waals surface area contributed by atoms with Gasteiger partial charge in [0.15, 0.2) is 0 Å². The Morgan fingerprint density at radius 2 is 1.81 bits per heavy atom. The maximum Gasteiger partial charge on any atom is 0.304 e. The normalized spacial score (nSPS) is 11.4. The summed E-state index contributed by atoms with van der Waals surface area (Å²) >= 11 is 0. The van der Waals surface area contributed by atoms with E-state index in [-0.39, 0.29) is 12.2 Å². The molecule has 0 heterocycles. The topological polar surface area (TPSA) is 69.7 Å². The highest BCUT2D eigenvalue weighted by atomic mass is 32.2. The van der Waals surface area contributed by atoms with Crippen molar-refractivity contribution in [3.8, 4) is 0 Å². The Kier molecular flexibility index (Phi) is 6.33. The van der Waals surface area contributed by atoms with Crippen molar-refractivity contribution in [3.63, 3.8) is 0 Å². The third-order valence-electron chi connectivity index (χ3n) is 3.72. The fourth-order valence-electron chi connectivity index (χ4n) is 2.35. The van der Waals surface area contributed by atoms with Gasteiger partial charge in [-0.2, -0.15) is 12.7 Å². The molecule has 1 N–H and O–H groups in total. The van der Waals surface area contributed by atoms with Crippen LogP contribution in [0.3, 0.4) is 0 Å². The Hall–Kier alpha value is -2.45. The maximum atomic E-state index is 14.1. The van der Waals surface area contributed by atoms with Crippen LogP contribution in [-0.4, -0.2) is 39.3 Å². The van der Waals surface area contributed by atoms with Crippen LogP contribution in [0.2, 0.25) is 0 Å². The van der Waals surface area contributed by atoms with Gasteiger partial charge in [0.1, 0.15) is 12.4 Å². The second-order valence-corrected chi connectivity index (χ2v) is 8.08. The Morgan fingerprint density at radius 1 is 1.12 bits per heavy atom. The number of hydrogen-bond donors (Lipinski definition) is 1. The summed E-state index contributed by atoms with van der Waals surface area (Å²) in [6.45, 7) is 1.68. The zero-order valence-electron chi connectivity index (χ0n) is 14.9. The first-order chi connectivity index (χ1) is 12.2. The number of benzene rings is 2. The van der Waals surface area contributed by atoms with Gasteiger partial charge in [0, 0.05) is 20.6 Å². The van der Waals surface area contributed by atoms with E-state index in [9.17, 15) is 17.6 Å². The van der Waals surface area contributed by atoms with Gasteiger partial charge >= 0.3 is 10.2 Å². The van der Waals surface area contributed by atoms with Crippen LogP contribution in [0, 0.1) is 12.7 Å². The highest BCUT2D eigenvalue weighted by Crippen LogP contribution is 2.22. The first-order valence-corrected chi connectivity index (χ1v) is 9.38. The molecule has 6 nitrogen and oxygen atoms in total. The van der Waals surface area contributed by atoms with Crippen LogP contribution >= 0.6 is 0 Å². The van der Waals surface area contributed by atoms with Crippen molar-refractivity contribution < 1.29 is 17.6 Å². The standard InChI is InChI=1S/C18H22FN3O3S/c1-14-7-6-8-15(11-14)12-20-18(23)13-22(26(24,25)21(2)3)17-10-5-4-9-16(17)19/h4-11H,12-13H2,1-3H3,(H,20,23). The first kappa shape index (κ1) is 19.9. The summed E-state index contributed by atoms with van der Waals surface area (Å²) < 4.78 is 40.9. The van der Waals surface area contributed by atoms with Gasteiger partial charge in [-0.3, -0.25) is 4.79 Å². The second-order valence-electron chi connectivity index (χ2n) is 6.01. The predicted octanol–water partition coefficient (Wildman–Crippen LogP) is 2.06. The van der Waals surface area contributed by atoms with Crippen LogP contribution in [0.1, 0.15) is 11.1 Å². The van der Waals surface area contributed by atoms with E-state index in [1.807, 2.05) is 31.2 Å². The molecule has 0 aliphatic heterocycles. The molecule has 8 heteroatoms. The minimum atomic E-state index is -4.03. The lowest BCUT2D eigenvalue weighted by atomic mass is 10.1. The zero-order valence-corrected chi connectivity index (χ0v) is 15.8. The monoisotopic (exact) mass is 379 g/mol. The van der Waals surface area contributed by atoms with Gasteiger partial charge in [-0.05, 0) is 24.6 Å². The van der Waals surface area contributed by atoms with E-state index >= 15 is 0 Å². The molecule has 2 rings (SSSR count). The van der Waals surface area contributed by atoms with Crippen LogP contribution in [0.4, 0.5) is 10.1 Å². The molecule has 2 aromatic carbocycles. The average Bonchev–Trinajstić information content (AvgIpc) is 2.58. The Morgan fingerprint density at radius 3 is 2.42 bits per heavy atom. The molecule has 0 saturated heterocycles. The molecule has 0 fully saturated rings. The van der Waals surface area contributed by atoms with E-state index in [0.29, 0.717) is 0 Å². The largest absolute Gasteiger partial charge is 0.350 e. The predicted molar refractivity (Wildman–Crippen MR) is 99.4 cm³/mol. The fourth-order valence-corrected chi connectivity index (χ4v) is 3.42. The number of anilines is 1. The van der Waals surface area contributed by atoms with Gasteiger partial charge in [-0.25, -0.2) is 8.70 Å². The summed E-state index contributed by atoms with van der Waals surface area (Å²) in [5.41, 5.74) is 1.78. The van der Waals surface area contributed by atoms with Crippen molar-refractivity contribution in [1.82, 2.24) is 9.62 Å². The van der Waals surface area contributed by atoms with E-state index in [1.54, 1.807) is 0 Å². The van der Waals surface area contributed by atoms with Crippen molar-refractivity contribution in [3.05, 3.63) is 65.5 Å². The molecule has 0 saturated carbocycles. The number of hydrogen-bond acceptors (Lipinski definition) is 3. The van der Waals surface area contributed by atoms with E-state index < -0.39 is 28.5 Å². The molecule has 0 aromatic heterocycles. The molecule has 26 heavy (non-hydrogen) atoms. The highest BCUT2D eigenvalue weighted by Gasteiger charge is 2.29. The van der Waals surface area contributed by atoms with Gasteiger partial charge in [0.05, 0.1) is 5.69 Å². The number of nitrogens with one attached hydrogen (secondary N) is 1. The molecular weight excluding hydrogens is 357 g/mol. The Balaban J connectivity index is 2.19. The van der Waals surface area contributed by atoms with E-state index in [2.05, 4.69) is 5.32 Å². The number of aryl methyl sites for hydroxylation is 1. The van der Waals surface area contributed by atoms with Gasteiger partial charge < -0.3 is 5.32 Å². The molecule has 0 bridgehead atoms. The van der Waals surface area contributed by atoms with Crippen molar-refractivity contribution in [2.45, 2.75) is 13.5 Å². The van der Waals surface area contributed by atoms with Crippen molar-refractivity contribution in [2.24, 2.45) is 0 Å².